The minimum Gasteiger partial charge on any atom is -0.497 e. The molecule has 1 N–H and O–H groups in total. The Labute approximate surface area is 229 Å². The zero-order chi connectivity index (χ0) is 27.8. The number of carbonyl (C=O) groups excluding carboxylic acids is 1. The van der Waals surface area contributed by atoms with Gasteiger partial charge in [0.2, 0.25) is 5.91 Å². The van der Waals surface area contributed by atoms with Crippen LogP contribution in [0.25, 0.3) is 0 Å². The molecule has 2 heterocycles. The molecule has 1 aromatic carbocycles. The standard InChI is InChI=1S/C28H40N6O3S/c1-20-15-25(37-6)16-21(2)27(20)38(36)33(5)12-10-26(35)31-24-17-23(18-29)28(30-19-24)34-13-8-22(9-14-34)7-11-32(3)4/h15-17,19,22H,7-14H2,1-6H3,(H,31,35). The predicted octanol–water partition coefficient (Wildman–Crippen LogP) is 3.73. The predicted molar refractivity (Wildman–Crippen MR) is 152 cm³/mol. The van der Waals surface area contributed by atoms with Crippen LogP contribution in [0.15, 0.2) is 29.3 Å². The van der Waals surface area contributed by atoms with Crippen molar-refractivity contribution in [2.24, 2.45) is 5.92 Å². The smallest absolute Gasteiger partial charge is 0.225 e. The van der Waals surface area contributed by atoms with Crippen LogP contribution in [0.2, 0.25) is 0 Å². The van der Waals surface area contributed by atoms with E-state index in [-0.39, 0.29) is 12.3 Å². The Bertz CT molecular complexity index is 1160. The fourth-order valence-corrected chi connectivity index (χ4v) is 6.00. The van der Waals surface area contributed by atoms with Crippen molar-refractivity contribution in [1.29, 1.82) is 5.26 Å². The molecule has 2 aromatic rings. The van der Waals surface area contributed by atoms with Crippen LogP contribution in [0, 0.1) is 31.1 Å². The average molecular weight is 541 g/mol. The maximum absolute atomic E-state index is 13.1. The van der Waals surface area contributed by atoms with Gasteiger partial charge in [0.15, 0.2) is 0 Å². The summed E-state index contributed by atoms with van der Waals surface area (Å²) < 4.78 is 20.1. The van der Waals surface area contributed by atoms with Crippen LogP contribution < -0.4 is 15.0 Å². The highest BCUT2D eigenvalue weighted by atomic mass is 32.2. The fourth-order valence-electron chi connectivity index (χ4n) is 4.76. The van der Waals surface area contributed by atoms with Crippen molar-refractivity contribution in [2.75, 3.05) is 64.6 Å². The number of piperidine rings is 1. The first-order valence-electron chi connectivity index (χ1n) is 13.0. The number of nitrogens with zero attached hydrogens (tertiary/aromatic N) is 5. The molecule has 38 heavy (non-hydrogen) atoms. The van der Waals surface area contributed by atoms with Crippen molar-refractivity contribution >= 4 is 28.4 Å². The fraction of sp³-hybridized carbons (Fsp3) is 0.536. The summed E-state index contributed by atoms with van der Waals surface area (Å²) in [7, 11) is 6.13. The van der Waals surface area contributed by atoms with E-state index in [1.165, 1.54) is 6.42 Å². The van der Waals surface area contributed by atoms with Gasteiger partial charge < -0.3 is 19.9 Å². The minimum atomic E-state index is -1.41. The van der Waals surface area contributed by atoms with Gasteiger partial charge >= 0.3 is 0 Å². The van der Waals surface area contributed by atoms with Crippen LogP contribution in [0.3, 0.4) is 0 Å². The van der Waals surface area contributed by atoms with E-state index < -0.39 is 11.0 Å². The number of aromatic nitrogens is 1. The largest absolute Gasteiger partial charge is 0.497 e. The van der Waals surface area contributed by atoms with E-state index >= 15 is 0 Å². The Kier molecular flexibility index (Phi) is 10.6. The molecule has 9 nitrogen and oxygen atoms in total. The molecule has 3 rings (SSSR count). The molecule has 1 aliphatic rings. The number of nitriles is 1. The van der Waals surface area contributed by atoms with Crippen molar-refractivity contribution in [2.45, 2.75) is 44.4 Å². The van der Waals surface area contributed by atoms with E-state index in [2.05, 4.69) is 40.3 Å². The molecular formula is C28H40N6O3S. The van der Waals surface area contributed by atoms with E-state index in [0.717, 1.165) is 54.2 Å². The molecule has 0 spiro atoms. The summed E-state index contributed by atoms with van der Waals surface area (Å²) in [6, 6.07) is 7.64. The van der Waals surface area contributed by atoms with Gasteiger partial charge in [-0.1, -0.05) is 0 Å². The van der Waals surface area contributed by atoms with Gasteiger partial charge in [0, 0.05) is 33.1 Å². The zero-order valence-corrected chi connectivity index (χ0v) is 24.2. The number of nitrogens with one attached hydrogen (secondary N) is 1. The van der Waals surface area contributed by atoms with E-state index in [1.807, 2.05) is 26.0 Å². The first kappa shape index (κ1) is 29.6. The van der Waals surface area contributed by atoms with Gasteiger partial charge in [0.1, 0.15) is 28.6 Å². The number of benzene rings is 1. The molecule has 1 saturated heterocycles. The summed E-state index contributed by atoms with van der Waals surface area (Å²) in [5.41, 5.74) is 2.70. The number of rotatable bonds is 11. The van der Waals surface area contributed by atoms with Crippen LogP contribution in [-0.2, 0) is 15.8 Å². The van der Waals surface area contributed by atoms with E-state index in [4.69, 9.17) is 4.74 Å². The summed E-state index contributed by atoms with van der Waals surface area (Å²) >= 11 is 0. The van der Waals surface area contributed by atoms with Gasteiger partial charge in [-0.3, -0.25) is 4.79 Å². The lowest BCUT2D eigenvalue weighted by molar-refractivity contribution is -0.116. The number of aryl methyl sites for hydroxylation is 2. The molecule has 1 unspecified atom stereocenters. The highest BCUT2D eigenvalue weighted by Gasteiger charge is 2.23. The summed E-state index contributed by atoms with van der Waals surface area (Å²) in [6.45, 7) is 6.96. The van der Waals surface area contributed by atoms with Gasteiger partial charge in [-0.2, -0.15) is 5.26 Å². The molecule has 1 amide bonds. The lowest BCUT2D eigenvalue weighted by Crippen LogP contribution is -2.35. The first-order chi connectivity index (χ1) is 18.1. The normalized spacial score (nSPS) is 15.0. The summed E-state index contributed by atoms with van der Waals surface area (Å²) in [6.07, 6.45) is 5.12. The number of carbonyl (C=O) groups is 1. The number of pyridine rings is 1. The van der Waals surface area contributed by atoms with E-state index in [0.29, 0.717) is 29.5 Å². The zero-order valence-electron chi connectivity index (χ0n) is 23.4. The second kappa shape index (κ2) is 13.7. The van der Waals surface area contributed by atoms with Crippen molar-refractivity contribution in [3.8, 4) is 11.8 Å². The SMILES string of the molecule is COc1cc(C)c(S(=O)N(C)CCC(=O)Nc2cnc(N3CCC(CCN(C)C)CC3)c(C#N)c2)c(C)c1. The number of ether oxygens (including phenoxy) is 1. The Morgan fingerprint density at radius 1 is 1.18 bits per heavy atom. The van der Waals surface area contributed by atoms with Gasteiger partial charge in [0.05, 0.1) is 29.5 Å². The van der Waals surface area contributed by atoms with Crippen LogP contribution >= 0.6 is 0 Å². The molecule has 1 fully saturated rings. The van der Waals surface area contributed by atoms with Crippen molar-refractivity contribution in [3.63, 3.8) is 0 Å². The molecular weight excluding hydrogens is 500 g/mol. The van der Waals surface area contributed by atoms with Crippen molar-refractivity contribution in [1.82, 2.24) is 14.2 Å². The molecule has 1 aromatic heterocycles. The van der Waals surface area contributed by atoms with E-state index in [1.54, 1.807) is 30.7 Å². The number of amides is 1. The lowest BCUT2D eigenvalue weighted by atomic mass is 9.93. The van der Waals surface area contributed by atoms with Crippen LogP contribution in [0.4, 0.5) is 11.5 Å². The van der Waals surface area contributed by atoms with Crippen molar-refractivity contribution < 1.29 is 13.7 Å². The molecule has 0 radical (unpaired) electrons. The molecule has 0 saturated carbocycles. The van der Waals surface area contributed by atoms with Gasteiger partial charge in [0.25, 0.3) is 0 Å². The van der Waals surface area contributed by atoms with Gasteiger partial charge in [-0.15, -0.1) is 0 Å². The van der Waals surface area contributed by atoms with Gasteiger partial charge in [-0.05, 0) is 89.0 Å². The molecule has 1 atom stereocenters. The highest BCUT2D eigenvalue weighted by molar-refractivity contribution is 7.82. The van der Waals surface area contributed by atoms with Gasteiger partial charge in [-0.25, -0.2) is 13.5 Å². The first-order valence-corrected chi connectivity index (χ1v) is 14.1. The molecule has 0 bridgehead atoms. The molecule has 206 valence electrons. The third kappa shape index (κ3) is 7.76. The highest BCUT2D eigenvalue weighted by Crippen LogP contribution is 2.28. The lowest BCUT2D eigenvalue weighted by Gasteiger charge is -2.33. The third-order valence-electron chi connectivity index (χ3n) is 6.95. The monoisotopic (exact) mass is 540 g/mol. The topological polar surface area (TPSA) is 102 Å². The summed E-state index contributed by atoms with van der Waals surface area (Å²) in [5, 5.41) is 12.6. The number of hydrogen-bond acceptors (Lipinski definition) is 7. The van der Waals surface area contributed by atoms with E-state index in [9.17, 15) is 14.3 Å². The molecule has 0 aliphatic carbocycles. The molecule has 10 heteroatoms. The van der Waals surface area contributed by atoms with Crippen molar-refractivity contribution in [3.05, 3.63) is 41.1 Å². The summed E-state index contributed by atoms with van der Waals surface area (Å²) in [5.74, 6) is 1.88. The second-order valence-electron chi connectivity index (χ2n) is 10.2. The average Bonchev–Trinajstić information content (AvgIpc) is 2.90. The Hall–Kier alpha value is -3.00. The Morgan fingerprint density at radius 2 is 1.84 bits per heavy atom. The molecule has 1 aliphatic heterocycles. The number of methoxy groups -OCH3 is 1. The minimum absolute atomic E-state index is 0.153. The quantitative estimate of drug-likeness (QED) is 0.463. The maximum atomic E-state index is 13.1. The van der Waals surface area contributed by atoms with Crippen LogP contribution in [0.1, 0.15) is 42.4 Å². The maximum Gasteiger partial charge on any atom is 0.225 e. The number of hydrogen-bond donors (Lipinski definition) is 1. The number of anilines is 2. The second-order valence-corrected chi connectivity index (χ2v) is 11.7. The Morgan fingerprint density at radius 3 is 2.42 bits per heavy atom. The summed E-state index contributed by atoms with van der Waals surface area (Å²) in [4.78, 5) is 22.3. The third-order valence-corrected chi connectivity index (χ3v) is 8.69. The van der Waals surface area contributed by atoms with Crippen LogP contribution in [-0.4, -0.2) is 78.7 Å². The Balaban J connectivity index is 1.55. The van der Waals surface area contributed by atoms with Crippen LogP contribution in [0.5, 0.6) is 5.75 Å².